The van der Waals surface area contributed by atoms with Crippen LogP contribution in [0.2, 0.25) is 0 Å². The molecule has 3 aromatic rings. The standard InChI is InChI=1S/C19H24N4O2/c1-11-6-8-15(9-7-11)13(3)23-18-16(17(22-23)12(2)10-24)19(25-5)21-14(4)20-18/h6-9,12-13,24H,10H2,1-5H3/t12?,13-/m0/s1. The van der Waals surface area contributed by atoms with Crippen LogP contribution in [0.25, 0.3) is 11.0 Å². The van der Waals surface area contributed by atoms with Gasteiger partial charge in [-0.15, -0.1) is 0 Å². The van der Waals surface area contributed by atoms with Gasteiger partial charge in [-0.25, -0.2) is 9.67 Å². The Bertz CT molecular complexity index is 887. The van der Waals surface area contributed by atoms with Gasteiger partial charge in [0.05, 0.1) is 25.5 Å². The molecule has 2 aromatic heterocycles. The molecule has 6 heteroatoms. The number of hydrogen-bond donors (Lipinski definition) is 1. The van der Waals surface area contributed by atoms with Crippen LogP contribution < -0.4 is 4.74 Å². The summed E-state index contributed by atoms with van der Waals surface area (Å²) in [5, 5.41) is 15.2. The summed E-state index contributed by atoms with van der Waals surface area (Å²) < 4.78 is 7.37. The van der Waals surface area contributed by atoms with Crippen molar-refractivity contribution >= 4 is 11.0 Å². The van der Waals surface area contributed by atoms with Crippen molar-refractivity contribution < 1.29 is 9.84 Å². The molecule has 1 aromatic carbocycles. The number of nitrogens with zero attached hydrogens (tertiary/aromatic N) is 4. The zero-order valence-corrected chi connectivity index (χ0v) is 15.3. The SMILES string of the molecule is COc1nc(C)nc2c1c(C(C)CO)nn2[C@@H](C)c1ccc(C)cc1. The van der Waals surface area contributed by atoms with E-state index in [1.54, 1.807) is 7.11 Å². The Morgan fingerprint density at radius 3 is 2.40 bits per heavy atom. The van der Waals surface area contributed by atoms with Gasteiger partial charge in [-0.3, -0.25) is 0 Å². The van der Waals surface area contributed by atoms with Gasteiger partial charge in [0, 0.05) is 5.92 Å². The summed E-state index contributed by atoms with van der Waals surface area (Å²) in [6.07, 6.45) is 0. The first-order valence-corrected chi connectivity index (χ1v) is 8.44. The fourth-order valence-corrected chi connectivity index (χ4v) is 2.97. The molecule has 1 unspecified atom stereocenters. The van der Waals surface area contributed by atoms with Crippen LogP contribution in [0.15, 0.2) is 24.3 Å². The summed E-state index contributed by atoms with van der Waals surface area (Å²) >= 11 is 0. The lowest BCUT2D eigenvalue weighted by Gasteiger charge is -2.14. The maximum absolute atomic E-state index is 9.63. The summed E-state index contributed by atoms with van der Waals surface area (Å²) in [5.74, 6) is 0.999. The Hall–Kier alpha value is -2.47. The largest absolute Gasteiger partial charge is 0.480 e. The highest BCUT2D eigenvalue weighted by molar-refractivity contribution is 5.84. The average molecular weight is 340 g/mol. The first-order valence-electron chi connectivity index (χ1n) is 8.44. The fraction of sp³-hybridized carbons (Fsp3) is 0.421. The third-order valence-corrected chi connectivity index (χ3v) is 4.52. The maximum Gasteiger partial charge on any atom is 0.228 e. The van der Waals surface area contributed by atoms with Crippen LogP contribution in [0.4, 0.5) is 0 Å². The zero-order valence-electron chi connectivity index (χ0n) is 15.3. The summed E-state index contributed by atoms with van der Waals surface area (Å²) in [4.78, 5) is 9.00. The van der Waals surface area contributed by atoms with Crippen LogP contribution in [-0.2, 0) is 0 Å². The Morgan fingerprint density at radius 2 is 1.80 bits per heavy atom. The van der Waals surface area contributed by atoms with E-state index in [-0.39, 0.29) is 18.6 Å². The van der Waals surface area contributed by atoms with Gasteiger partial charge in [-0.2, -0.15) is 10.1 Å². The van der Waals surface area contributed by atoms with Crippen LogP contribution in [0.1, 0.15) is 48.5 Å². The van der Waals surface area contributed by atoms with Gasteiger partial charge in [-0.05, 0) is 26.3 Å². The Kier molecular flexibility index (Phi) is 4.72. The molecule has 0 fully saturated rings. The van der Waals surface area contributed by atoms with E-state index in [1.165, 1.54) is 5.56 Å². The van der Waals surface area contributed by atoms with Crippen LogP contribution in [0, 0.1) is 13.8 Å². The number of aliphatic hydroxyl groups excluding tert-OH is 1. The quantitative estimate of drug-likeness (QED) is 0.772. The van der Waals surface area contributed by atoms with Crippen molar-refractivity contribution in [3.63, 3.8) is 0 Å². The molecule has 0 spiro atoms. The van der Waals surface area contributed by atoms with E-state index in [1.807, 2.05) is 18.5 Å². The van der Waals surface area contributed by atoms with Crippen LogP contribution in [-0.4, -0.2) is 38.6 Å². The number of benzene rings is 1. The topological polar surface area (TPSA) is 73.1 Å². The molecule has 2 heterocycles. The van der Waals surface area contributed by atoms with Crippen molar-refractivity contribution in [1.82, 2.24) is 19.7 Å². The van der Waals surface area contributed by atoms with Crippen LogP contribution in [0.3, 0.4) is 0 Å². The zero-order chi connectivity index (χ0) is 18.1. The van der Waals surface area contributed by atoms with Gasteiger partial charge >= 0.3 is 0 Å². The molecule has 132 valence electrons. The molecule has 1 N–H and O–H groups in total. The number of fused-ring (bicyclic) bond motifs is 1. The number of rotatable bonds is 5. The molecular weight excluding hydrogens is 316 g/mol. The average Bonchev–Trinajstić information content (AvgIpc) is 2.99. The van der Waals surface area contributed by atoms with Gasteiger partial charge in [0.1, 0.15) is 11.2 Å². The maximum atomic E-state index is 9.63. The molecule has 0 saturated heterocycles. The lowest BCUT2D eigenvalue weighted by molar-refractivity contribution is 0.270. The van der Waals surface area contributed by atoms with Crippen molar-refractivity contribution in [3.8, 4) is 5.88 Å². The predicted molar refractivity (Wildman–Crippen MR) is 97.1 cm³/mol. The molecule has 0 saturated carbocycles. The molecule has 2 atom stereocenters. The molecule has 0 aliphatic carbocycles. The van der Waals surface area contributed by atoms with Crippen LogP contribution >= 0.6 is 0 Å². The van der Waals surface area contributed by atoms with Crippen LogP contribution in [0.5, 0.6) is 5.88 Å². The van der Waals surface area contributed by atoms with Crippen molar-refractivity contribution in [2.75, 3.05) is 13.7 Å². The second-order valence-electron chi connectivity index (χ2n) is 6.48. The minimum atomic E-state index is -0.130. The predicted octanol–water partition coefficient (Wildman–Crippen LogP) is 3.16. The first kappa shape index (κ1) is 17.4. The summed E-state index contributed by atoms with van der Waals surface area (Å²) in [7, 11) is 1.59. The number of ether oxygens (including phenoxy) is 1. The van der Waals surface area contributed by atoms with E-state index in [9.17, 15) is 5.11 Å². The second kappa shape index (κ2) is 6.80. The lowest BCUT2D eigenvalue weighted by atomic mass is 10.1. The summed E-state index contributed by atoms with van der Waals surface area (Å²) in [6, 6.07) is 8.40. The Morgan fingerprint density at radius 1 is 1.12 bits per heavy atom. The molecule has 0 bridgehead atoms. The number of aryl methyl sites for hydroxylation is 2. The molecular formula is C19H24N4O2. The van der Waals surface area contributed by atoms with E-state index in [0.717, 1.165) is 22.3 Å². The highest BCUT2D eigenvalue weighted by Gasteiger charge is 2.24. The molecule has 3 rings (SSSR count). The third-order valence-electron chi connectivity index (χ3n) is 4.52. The van der Waals surface area contributed by atoms with Crippen molar-refractivity contribution in [1.29, 1.82) is 0 Å². The number of methoxy groups -OCH3 is 1. The highest BCUT2D eigenvalue weighted by atomic mass is 16.5. The van der Waals surface area contributed by atoms with Crippen molar-refractivity contribution in [3.05, 3.63) is 46.9 Å². The van der Waals surface area contributed by atoms with Gasteiger partial charge in [0.15, 0.2) is 5.65 Å². The van der Waals surface area contributed by atoms with E-state index >= 15 is 0 Å². The normalized spacial score (nSPS) is 13.8. The van der Waals surface area contributed by atoms with Gasteiger partial charge in [0.2, 0.25) is 5.88 Å². The number of aliphatic hydroxyl groups is 1. The minimum Gasteiger partial charge on any atom is -0.480 e. The molecule has 6 nitrogen and oxygen atoms in total. The fourth-order valence-electron chi connectivity index (χ4n) is 2.97. The van der Waals surface area contributed by atoms with Crippen molar-refractivity contribution in [2.45, 2.75) is 39.7 Å². The summed E-state index contributed by atoms with van der Waals surface area (Å²) in [6.45, 7) is 7.93. The van der Waals surface area contributed by atoms with Gasteiger partial charge < -0.3 is 9.84 Å². The molecule has 25 heavy (non-hydrogen) atoms. The summed E-state index contributed by atoms with van der Waals surface area (Å²) in [5.41, 5.74) is 3.85. The van der Waals surface area contributed by atoms with E-state index < -0.39 is 0 Å². The number of hydrogen-bond acceptors (Lipinski definition) is 5. The Balaban J connectivity index is 2.24. The van der Waals surface area contributed by atoms with Gasteiger partial charge in [0.25, 0.3) is 0 Å². The van der Waals surface area contributed by atoms with Crippen molar-refractivity contribution in [2.24, 2.45) is 0 Å². The molecule has 0 radical (unpaired) electrons. The minimum absolute atomic E-state index is 0.00162. The molecule has 0 amide bonds. The monoisotopic (exact) mass is 340 g/mol. The second-order valence-corrected chi connectivity index (χ2v) is 6.48. The first-order chi connectivity index (χ1) is 12.0. The molecule has 0 aliphatic heterocycles. The third kappa shape index (κ3) is 3.09. The lowest BCUT2D eigenvalue weighted by Crippen LogP contribution is -2.10. The number of aromatic nitrogens is 4. The molecule has 0 aliphatic rings. The highest BCUT2D eigenvalue weighted by Crippen LogP contribution is 2.33. The van der Waals surface area contributed by atoms with E-state index in [2.05, 4.69) is 48.1 Å². The Labute approximate surface area is 147 Å². The van der Waals surface area contributed by atoms with E-state index in [0.29, 0.717) is 11.7 Å². The smallest absolute Gasteiger partial charge is 0.228 e. The van der Waals surface area contributed by atoms with E-state index in [4.69, 9.17) is 9.84 Å². The van der Waals surface area contributed by atoms with Gasteiger partial charge in [-0.1, -0.05) is 36.8 Å².